The summed E-state index contributed by atoms with van der Waals surface area (Å²) in [5.74, 6) is 1.18. The van der Waals surface area contributed by atoms with Gasteiger partial charge in [-0.2, -0.15) is 11.8 Å². The topological polar surface area (TPSA) is 24.9 Å². The second-order valence-corrected chi connectivity index (χ2v) is 4.55. The molecule has 0 fully saturated rings. The fourth-order valence-electron chi connectivity index (χ4n) is 1.10. The monoisotopic (exact) mass is 216 g/mol. The molecule has 1 atom stereocenters. The molecule has 13 heavy (non-hydrogen) atoms. The van der Waals surface area contributed by atoms with E-state index in [1.54, 1.807) is 11.3 Å². The number of nitrogens with zero attached hydrogens (tertiary/aromatic N) is 1. The zero-order valence-corrected chi connectivity index (χ0v) is 9.75. The summed E-state index contributed by atoms with van der Waals surface area (Å²) in [6, 6.07) is 0.622. The summed E-state index contributed by atoms with van der Waals surface area (Å²) in [5, 5.41) is 5.59. The molecule has 0 aliphatic rings. The van der Waals surface area contributed by atoms with Gasteiger partial charge in [-0.05, 0) is 12.7 Å². The molecule has 0 spiro atoms. The summed E-state index contributed by atoms with van der Waals surface area (Å²) < 4.78 is 0. The molecule has 0 bridgehead atoms. The fraction of sp³-hybridized carbons (Fsp3) is 0.667. The van der Waals surface area contributed by atoms with Crippen molar-refractivity contribution < 1.29 is 0 Å². The Kier molecular flexibility index (Phi) is 5.43. The van der Waals surface area contributed by atoms with Gasteiger partial charge in [-0.3, -0.25) is 0 Å². The highest BCUT2D eigenvalue weighted by Gasteiger charge is 2.04. The number of rotatable bonds is 6. The molecule has 4 heteroatoms. The van der Waals surface area contributed by atoms with Gasteiger partial charge in [0.2, 0.25) is 0 Å². The number of nitrogens with one attached hydrogen (secondary N) is 1. The van der Waals surface area contributed by atoms with E-state index >= 15 is 0 Å². The lowest BCUT2D eigenvalue weighted by molar-refractivity contribution is 0.537. The minimum absolute atomic E-state index is 0.622. The zero-order valence-electron chi connectivity index (χ0n) is 8.12. The van der Waals surface area contributed by atoms with Gasteiger partial charge in [-0.25, -0.2) is 4.98 Å². The van der Waals surface area contributed by atoms with Crippen LogP contribution in [0.4, 0.5) is 0 Å². The first-order chi connectivity index (χ1) is 6.36. The van der Waals surface area contributed by atoms with Crippen molar-refractivity contribution in [3.63, 3.8) is 0 Å². The quantitative estimate of drug-likeness (QED) is 0.790. The molecule has 2 nitrogen and oxygen atoms in total. The van der Waals surface area contributed by atoms with Gasteiger partial charge >= 0.3 is 0 Å². The van der Waals surface area contributed by atoms with Crippen molar-refractivity contribution in [3.05, 3.63) is 16.6 Å². The van der Waals surface area contributed by atoms with Crippen molar-refractivity contribution in [1.29, 1.82) is 0 Å². The van der Waals surface area contributed by atoms with Crippen LogP contribution in [-0.4, -0.2) is 23.0 Å². The number of thiazole rings is 1. The third-order valence-electron chi connectivity index (χ3n) is 1.92. The summed E-state index contributed by atoms with van der Waals surface area (Å²) in [5.41, 5.74) is 3.04. The lowest BCUT2D eigenvalue weighted by Gasteiger charge is -2.14. The van der Waals surface area contributed by atoms with Crippen molar-refractivity contribution >= 4 is 23.1 Å². The van der Waals surface area contributed by atoms with Gasteiger partial charge in [0, 0.05) is 23.7 Å². The third kappa shape index (κ3) is 4.11. The lowest BCUT2D eigenvalue weighted by Crippen LogP contribution is -2.30. The molecular formula is C9H16N2S2. The van der Waals surface area contributed by atoms with Crippen LogP contribution >= 0.6 is 23.1 Å². The first-order valence-corrected chi connectivity index (χ1v) is 6.79. The minimum atomic E-state index is 0.622. The second-order valence-electron chi connectivity index (χ2n) is 2.92. The Morgan fingerprint density at radius 2 is 2.54 bits per heavy atom. The largest absolute Gasteiger partial charge is 0.308 e. The van der Waals surface area contributed by atoms with Crippen molar-refractivity contribution in [2.45, 2.75) is 25.9 Å². The van der Waals surface area contributed by atoms with Crippen LogP contribution in [0, 0.1) is 0 Å². The molecule has 0 saturated carbocycles. The standard InChI is InChI=1S/C9H16N2S2/c1-3-8(5-12-2)10-4-9-6-13-7-11-9/h6-8,10H,3-5H2,1-2H3. The second kappa shape index (κ2) is 6.40. The molecule has 1 aromatic heterocycles. The first-order valence-electron chi connectivity index (χ1n) is 4.46. The van der Waals surface area contributed by atoms with Crippen LogP contribution in [0.5, 0.6) is 0 Å². The number of aromatic nitrogens is 1. The van der Waals surface area contributed by atoms with Crippen molar-refractivity contribution in [3.8, 4) is 0 Å². The number of hydrogen-bond donors (Lipinski definition) is 1. The first kappa shape index (κ1) is 11.0. The number of thioether (sulfide) groups is 1. The minimum Gasteiger partial charge on any atom is -0.308 e. The molecule has 1 aromatic rings. The smallest absolute Gasteiger partial charge is 0.0795 e. The van der Waals surface area contributed by atoms with Crippen molar-refractivity contribution in [1.82, 2.24) is 10.3 Å². The fourth-order valence-corrected chi connectivity index (χ4v) is 2.41. The molecular weight excluding hydrogens is 200 g/mol. The predicted molar refractivity (Wildman–Crippen MR) is 61.4 cm³/mol. The van der Waals surface area contributed by atoms with Gasteiger partial charge in [0.1, 0.15) is 0 Å². The molecule has 0 radical (unpaired) electrons. The van der Waals surface area contributed by atoms with E-state index in [2.05, 4.69) is 28.9 Å². The average Bonchev–Trinajstić information content (AvgIpc) is 2.64. The van der Waals surface area contributed by atoms with E-state index in [1.165, 1.54) is 12.2 Å². The maximum absolute atomic E-state index is 4.23. The summed E-state index contributed by atoms with van der Waals surface area (Å²) in [4.78, 5) is 4.23. The average molecular weight is 216 g/mol. The molecule has 0 amide bonds. The normalized spacial score (nSPS) is 13.1. The summed E-state index contributed by atoms with van der Waals surface area (Å²) in [6.45, 7) is 3.12. The van der Waals surface area contributed by atoms with Crippen LogP contribution < -0.4 is 5.32 Å². The Hall–Kier alpha value is -0.0600. The maximum Gasteiger partial charge on any atom is 0.0795 e. The molecule has 74 valence electrons. The Bertz CT molecular complexity index is 211. The van der Waals surface area contributed by atoms with E-state index in [4.69, 9.17) is 0 Å². The van der Waals surface area contributed by atoms with Gasteiger partial charge in [-0.1, -0.05) is 6.92 Å². The van der Waals surface area contributed by atoms with Crippen LogP contribution in [0.1, 0.15) is 19.0 Å². The van der Waals surface area contributed by atoms with Crippen molar-refractivity contribution in [2.75, 3.05) is 12.0 Å². The van der Waals surface area contributed by atoms with Crippen LogP contribution in [0.15, 0.2) is 10.9 Å². The predicted octanol–water partition coefficient (Wildman–Crippen LogP) is 2.37. The van der Waals surface area contributed by atoms with E-state index < -0.39 is 0 Å². The Balaban J connectivity index is 2.23. The summed E-state index contributed by atoms with van der Waals surface area (Å²) in [7, 11) is 0. The Morgan fingerprint density at radius 1 is 1.69 bits per heavy atom. The van der Waals surface area contributed by atoms with E-state index in [0.29, 0.717) is 6.04 Å². The highest BCUT2D eigenvalue weighted by atomic mass is 32.2. The molecule has 0 aliphatic heterocycles. The molecule has 1 heterocycles. The third-order valence-corrected chi connectivity index (χ3v) is 3.29. The summed E-state index contributed by atoms with van der Waals surface area (Å²) in [6.07, 6.45) is 3.33. The summed E-state index contributed by atoms with van der Waals surface area (Å²) >= 11 is 3.55. The molecule has 1 unspecified atom stereocenters. The molecule has 1 N–H and O–H groups in total. The highest BCUT2D eigenvalue weighted by Crippen LogP contribution is 2.04. The Morgan fingerprint density at radius 3 is 3.08 bits per heavy atom. The van der Waals surface area contributed by atoms with E-state index in [1.807, 2.05) is 17.3 Å². The van der Waals surface area contributed by atoms with Crippen LogP contribution in [0.3, 0.4) is 0 Å². The number of hydrogen-bond acceptors (Lipinski definition) is 4. The van der Waals surface area contributed by atoms with Gasteiger partial charge < -0.3 is 5.32 Å². The van der Waals surface area contributed by atoms with Crippen LogP contribution in [0.25, 0.3) is 0 Å². The van der Waals surface area contributed by atoms with E-state index in [-0.39, 0.29) is 0 Å². The van der Waals surface area contributed by atoms with Crippen molar-refractivity contribution in [2.24, 2.45) is 0 Å². The van der Waals surface area contributed by atoms with Gasteiger partial charge in [0.15, 0.2) is 0 Å². The SMILES string of the molecule is CCC(CSC)NCc1cscn1. The van der Waals surface area contributed by atoms with Gasteiger partial charge in [0.05, 0.1) is 11.2 Å². The van der Waals surface area contributed by atoms with Crippen LogP contribution in [0.2, 0.25) is 0 Å². The molecule has 0 saturated heterocycles. The molecule has 0 aliphatic carbocycles. The van der Waals surface area contributed by atoms with E-state index in [0.717, 1.165) is 12.2 Å². The van der Waals surface area contributed by atoms with Gasteiger partial charge in [0.25, 0.3) is 0 Å². The van der Waals surface area contributed by atoms with Crippen LogP contribution in [-0.2, 0) is 6.54 Å². The van der Waals surface area contributed by atoms with Gasteiger partial charge in [-0.15, -0.1) is 11.3 Å². The molecule has 0 aromatic carbocycles. The lowest BCUT2D eigenvalue weighted by atomic mass is 10.2. The maximum atomic E-state index is 4.23. The molecule has 1 rings (SSSR count). The van der Waals surface area contributed by atoms with E-state index in [9.17, 15) is 0 Å². The zero-order chi connectivity index (χ0) is 9.52. The highest BCUT2D eigenvalue weighted by molar-refractivity contribution is 7.98. The Labute approximate surface area is 88.2 Å².